The van der Waals surface area contributed by atoms with Crippen molar-refractivity contribution in [1.29, 1.82) is 0 Å². The van der Waals surface area contributed by atoms with E-state index in [1.54, 1.807) is 0 Å². The lowest BCUT2D eigenvalue weighted by Gasteiger charge is -2.29. The first-order valence-corrected chi connectivity index (χ1v) is 11.9. The third-order valence-electron chi connectivity index (χ3n) is 6.78. The fourth-order valence-electron chi connectivity index (χ4n) is 4.95. The van der Waals surface area contributed by atoms with Crippen LogP contribution in [-0.4, -0.2) is 69.8 Å². The molecule has 6 rings (SSSR count). The van der Waals surface area contributed by atoms with Crippen molar-refractivity contribution in [3.63, 3.8) is 0 Å². The van der Waals surface area contributed by atoms with E-state index >= 15 is 0 Å². The molecule has 0 radical (unpaired) electrons. The molecule has 0 bridgehead atoms. The third-order valence-corrected chi connectivity index (χ3v) is 6.78. The summed E-state index contributed by atoms with van der Waals surface area (Å²) in [6.45, 7) is 7.38. The first-order chi connectivity index (χ1) is 16.8. The number of ether oxygens (including phenoxy) is 1. The van der Waals surface area contributed by atoms with Crippen LogP contribution >= 0.6 is 0 Å². The third kappa shape index (κ3) is 4.04. The summed E-state index contributed by atoms with van der Waals surface area (Å²) in [5.41, 5.74) is 5.87. The van der Waals surface area contributed by atoms with Gasteiger partial charge in [-0.3, -0.25) is 9.69 Å². The second kappa shape index (κ2) is 9.13. The van der Waals surface area contributed by atoms with Crippen molar-refractivity contribution in [3.05, 3.63) is 64.0 Å². The summed E-state index contributed by atoms with van der Waals surface area (Å²) in [6.07, 6.45) is 2.11. The van der Waals surface area contributed by atoms with Crippen LogP contribution in [0, 0.1) is 0 Å². The van der Waals surface area contributed by atoms with Gasteiger partial charge in [0, 0.05) is 72.2 Å². The van der Waals surface area contributed by atoms with E-state index in [0.717, 1.165) is 77.9 Å². The minimum Gasteiger partial charge on any atom is -0.379 e. The van der Waals surface area contributed by atoms with Crippen molar-refractivity contribution in [1.82, 2.24) is 10.2 Å². The van der Waals surface area contributed by atoms with Crippen LogP contribution in [0.15, 0.2) is 58.3 Å². The average Bonchev–Trinajstić information content (AvgIpc) is 3.46. The van der Waals surface area contributed by atoms with Crippen LogP contribution in [0.2, 0.25) is 0 Å². The standard InChI is InChI=1S/C26H28N6O2/c33-24(17-31-12-14-34-15-13-31)28-23-3-1-2-20-21(23)16-22-25(29-30-26(20)22)18-4-6-19(7-5-18)32-10-8-27-9-11-32/h1-7,16,27H,8-15,17H2,(H,28,33). The van der Waals surface area contributed by atoms with Gasteiger partial charge in [-0.05, 0) is 24.3 Å². The lowest BCUT2D eigenvalue weighted by molar-refractivity contribution is -0.118. The quantitative estimate of drug-likeness (QED) is 0.706. The highest BCUT2D eigenvalue weighted by Gasteiger charge is 2.24. The van der Waals surface area contributed by atoms with Crippen LogP contribution < -0.4 is 26.0 Å². The molecule has 2 saturated heterocycles. The minimum absolute atomic E-state index is 0.00918. The fourth-order valence-corrected chi connectivity index (χ4v) is 4.95. The molecule has 2 fully saturated rings. The van der Waals surface area contributed by atoms with E-state index in [1.807, 2.05) is 18.2 Å². The highest BCUT2D eigenvalue weighted by Crippen LogP contribution is 2.35. The van der Waals surface area contributed by atoms with Crippen molar-refractivity contribution in [2.24, 2.45) is 10.2 Å². The van der Waals surface area contributed by atoms with Crippen LogP contribution in [0.4, 0.5) is 11.4 Å². The number of hydrogen-bond donors (Lipinski definition) is 2. The highest BCUT2D eigenvalue weighted by molar-refractivity contribution is 5.98. The summed E-state index contributed by atoms with van der Waals surface area (Å²) in [4.78, 5) is 17.2. The Morgan fingerprint density at radius 2 is 1.74 bits per heavy atom. The predicted octanol–water partition coefficient (Wildman–Crippen LogP) is 1.15. The average molecular weight is 457 g/mol. The Balaban J connectivity index is 1.26. The van der Waals surface area contributed by atoms with Crippen molar-refractivity contribution >= 4 is 34.8 Å². The number of carbonyl (C=O) groups is 1. The first kappa shape index (κ1) is 21.2. The summed E-state index contributed by atoms with van der Waals surface area (Å²) < 4.78 is 5.38. The topological polar surface area (TPSA) is 81.6 Å². The molecule has 0 saturated carbocycles. The van der Waals surface area contributed by atoms with E-state index in [0.29, 0.717) is 19.8 Å². The molecule has 34 heavy (non-hydrogen) atoms. The smallest absolute Gasteiger partial charge is 0.238 e. The summed E-state index contributed by atoms with van der Waals surface area (Å²) >= 11 is 0. The molecular formula is C26H28N6O2. The van der Waals surface area contributed by atoms with Crippen LogP contribution in [0.5, 0.6) is 0 Å². The maximum absolute atomic E-state index is 12.7. The second-order valence-corrected chi connectivity index (χ2v) is 8.94. The van der Waals surface area contributed by atoms with Crippen molar-refractivity contribution < 1.29 is 9.53 Å². The Kier molecular flexibility index (Phi) is 5.70. The molecular weight excluding hydrogens is 428 g/mol. The van der Waals surface area contributed by atoms with E-state index in [4.69, 9.17) is 4.74 Å². The summed E-state index contributed by atoms with van der Waals surface area (Å²) in [5.74, 6) is -0.00918. The molecule has 0 spiro atoms. The lowest BCUT2D eigenvalue weighted by Crippen LogP contribution is -2.43. The number of azo groups is 1. The van der Waals surface area contributed by atoms with Crippen LogP contribution in [0.25, 0.3) is 17.5 Å². The second-order valence-electron chi connectivity index (χ2n) is 8.94. The zero-order chi connectivity index (χ0) is 22.9. The molecule has 2 aromatic rings. The van der Waals surface area contributed by atoms with Crippen LogP contribution in [0.1, 0.15) is 5.56 Å². The Hall–Kier alpha value is -3.33. The van der Waals surface area contributed by atoms with Gasteiger partial charge in [0.15, 0.2) is 0 Å². The molecule has 4 aliphatic rings. The van der Waals surface area contributed by atoms with Gasteiger partial charge in [-0.25, -0.2) is 0 Å². The molecule has 0 unspecified atom stereocenters. The molecule has 0 aromatic heterocycles. The Labute approximate surface area is 198 Å². The van der Waals surface area contributed by atoms with E-state index in [9.17, 15) is 4.79 Å². The van der Waals surface area contributed by atoms with Gasteiger partial charge in [0.05, 0.1) is 19.8 Å². The number of nitrogens with zero attached hydrogens (tertiary/aromatic N) is 4. The van der Waals surface area contributed by atoms with Gasteiger partial charge in [-0.15, -0.1) is 10.2 Å². The summed E-state index contributed by atoms with van der Waals surface area (Å²) in [6, 6.07) is 14.5. The Bertz CT molecular complexity index is 1290. The normalized spacial score (nSPS) is 19.8. The van der Waals surface area contributed by atoms with Crippen LogP contribution in [0.3, 0.4) is 0 Å². The maximum Gasteiger partial charge on any atom is 0.238 e. The highest BCUT2D eigenvalue weighted by atomic mass is 16.5. The molecule has 2 N–H and O–H groups in total. The number of nitrogens with one attached hydrogen (secondary N) is 2. The molecule has 1 amide bonds. The van der Waals surface area contributed by atoms with Gasteiger partial charge in [-0.1, -0.05) is 24.3 Å². The first-order valence-electron chi connectivity index (χ1n) is 11.9. The van der Waals surface area contributed by atoms with Gasteiger partial charge in [0.1, 0.15) is 11.4 Å². The Morgan fingerprint density at radius 1 is 0.971 bits per heavy atom. The zero-order valence-corrected chi connectivity index (χ0v) is 19.1. The summed E-state index contributed by atoms with van der Waals surface area (Å²) in [5, 5.41) is 17.5. The molecule has 1 aliphatic carbocycles. The number of amides is 1. The molecule has 0 atom stereocenters. The molecule has 8 nitrogen and oxygen atoms in total. The van der Waals surface area contributed by atoms with E-state index < -0.39 is 0 Å². The number of piperazine rings is 1. The fraction of sp³-hybridized carbons (Fsp3) is 0.346. The van der Waals surface area contributed by atoms with Gasteiger partial charge in [-0.2, -0.15) is 0 Å². The van der Waals surface area contributed by atoms with Crippen molar-refractivity contribution in [3.8, 4) is 0 Å². The van der Waals surface area contributed by atoms with Gasteiger partial charge in [0.25, 0.3) is 0 Å². The summed E-state index contributed by atoms with van der Waals surface area (Å²) in [7, 11) is 0. The van der Waals surface area contributed by atoms with E-state index in [-0.39, 0.29) is 5.91 Å². The molecule has 3 heterocycles. The van der Waals surface area contributed by atoms with E-state index in [1.165, 1.54) is 5.69 Å². The van der Waals surface area contributed by atoms with Crippen molar-refractivity contribution in [2.75, 3.05) is 69.2 Å². The monoisotopic (exact) mass is 456 g/mol. The predicted molar refractivity (Wildman–Crippen MR) is 133 cm³/mol. The maximum atomic E-state index is 12.7. The number of carbonyl (C=O) groups excluding carboxylic acids is 1. The number of rotatable bonds is 5. The Morgan fingerprint density at radius 3 is 2.53 bits per heavy atom. The SMILES string of the molecule is O=C(CN1CCOCC1)Nc1cccc2c1=CC1=C(c3ccc(N4CCNCC4)cc3)N=NC=21. The number of fused-ring (bicyclic) bond motifs is 2. The number of hydrogen-bond acceptors (Lipinski definition) is 7. The zero-order valence-electron chi connectivity index (χ0n) is 19.1. The molecule has 174 valence electrons. The van der Waals surface area contributed by atoms with Gasteiger partial charge >= 0.3 is 0 Å². The van der Waals surface area contributed by atoms with Crippen LogP contribution in [-0.2, 0) is 9.53 Å². The van der Waals surface area contributed by atoms with Gasteiger partial charge in [0.2, 0.25) is 5.91 Å². The van der Waals surface area contributed by atoms with E-state index in [2.05, 4.69) is 61.0 Å². The van der Waals surface area contributed by atoms with Crippen molar-refractivity contribution in [2.45, 2.75) is 0 Å². The molecule has 3 aliphatic heterocycles. The lowest BCUT2D eigenvalue weighted by atomic mass is 10.1. The molecule has 2 aromatic carbocycles. The number of morpholine rings is 1. The van der Waals surface area contributed by atoms with Gasteiger partial charge < -0.3 is 20.3 Å². The number of benzene rings is 2. The number of anilines is 2. The minimum atomic E-state index is -0.00918. The largest absolute Gasteiger partial charge is 0.379 e. The molecule has 8 heteroatoms.